The van der Waals surface area contributed by atoms with Gasteiger partial charge in [0.2, 0.25) is 11.9 Å². The Morgan fingerprint density at radius 2 is 2.27 bits per heavy atom. The zero-order valence-corrected chi connectivity index (χ0v) is 11.8. The van der Waals surface area contributed by atoms with Crippen LogP contribution in [0.4, 0.5) is 5.95 Å². The quantitative estimate of drug-likeness (QED) is 0.884. The number of aromatic amines is 1. The Balaban J connectivity index is 2.51. The highest BCUT2D eigenvalue weighted by atomic mass is 79.9. The number of amides is 1. The zero-order chi connectivity index (χ0) is 11.4. The molecule has 1 aromatic rings. The van der Waals surface area contributed by atoms with Crippen LogP contribution >= 0.6 is 31.9 Å². The lowest BCUT2D eigenvalue weighted by Gasteiger charge is -2.06. The molecule has 6 heteroatoms. The van der Waals surface area contributed by atoms with Crippen molar-refractivity contribution in [2.75, 3.05) is 5.32 Å². The Bertz CT molecular complexity index is 332. The first-order valence-corrected chi connectivity index (χ1v) is 6.32. The predicted molar refractivity (Wildman–Crippen MR) is 66.7 cm³/mol. The molecular weight excluding hydrogens is 326 g/mol. The van der Waals surface area contributed by atoms with Gasteiger partial charge in [0.15, 0.2) is 0 Å². The van der Waals surface area contributed by atoms with Crippen LogP contribution in [0.2, 0.25) is 0 Å². The average Bonchev–Trinajstić information content (AvgIpc) is 2.45. The van der Waals surface area contributed by atoms with Gasteiger partial charge in [0.05, 0.1) is 0 Å². The number of hydrogen-bond acceptors (Lipinski definition) is 2. The molecule has 1 heterocycles. The molecule has 1 amide bonds. The highest BCUT2D eigenvalue weighted by molar-refractivity contribution is 9.13. The molecule has 0 spiro atoms. The van der Waals surface area contributed by atoms with Gasteiger partial charge in [-0.25, -0.2) is 4.98 Å². The second-order valence-electron chi connectivity index (χ2n) is 3.46. The summed E-state index contributed by atoms with van der Waals surface area (Å²) in [6.07, 6.45) is 1.52. The van der Waals surface area contributed by atoms with E-state index in [2.05, 4.69) is 54.1 Å². The molecule has 0 bridgehead atoms. The standard InChI is InChI=1S/C9H13Br2N3O/c1-3-5(2)4-6(15)12-9-13-7(10)8(11)14-9/h5H,3-4H2,1-2H3,(H2,12,13,14,15). The summed E-state index contributed by atoms with van der Waals surface area (Å²) in [4.78, 5) is 18.5. The van der Waals surface area contributed by atoms with E-state index in [0.29, 0.717) is 22.9 Å². The summed E-state index contributed by atoms with van der Waals surface area (Å²) in [5.74, 6) is 0.840. The molecule has 1 atom stereocenters. The lowest BCUT2D eigenvalue weighted by atomic mass is 10.1. The van der Waals surface area contributed by atoms with E-state index in [-0.39, 0.29) is 5.91 Å². The lowest BCUT2D eigenvalue weighted by molar-refractivity contribution is -0.117. The van der Waals surface area contributed by atoms with Crippen LogP contribution in [0.15, 0.2) is 9.21 Å². The van der Waals surface area contributed by atoms with Gasteiger partial charge in [0.1, 0.15) is 9.21 Å². The van der Waals surface area contributed by atoms with Crippen LogP contribution in [0.1, 0.15) is 26.7 Å². The van der Waals surface area contributed by atoms with E-state index in [1.807, 2.05) is 6.92 Å². The van der Waals surface area contributed by atoms with Crippen molar-refractivity contribution in [2.24, 2.45) is 5.92 Å². The third kappa shape index (κ3) is 3.95. The third-order valence-electron chi connectivity index (χ3n) is 2.11. The van der Waals surface area contributed by atoms with Crippen LogP contribution in [0.3, 0.4) is 0 Å². The molecule has 0 saturated heterocycles. The van der Waals surface area contributed by atoms with E-state index in [1.54, 1.807) is 0 Å². The van der Waals surface area contributed by atoms with Gasteiger partial charge >= 0.3 is 0 Å². The number of rotatable bonds is 4. The number of hydrogen-bond donors (Lipinski definition) is 2. The monoisotopic (exact) mass is 337 g/mol. The van der Waals surface area contributed by atoms with Gasteiger partial charge in [-0.1, -0.05) is 20.3 Å². The first kappa shape index (κ1) is 12.7. The average molecular weight is 339 g/mol. The van der Waals surface area contributed by atoms with Crippen molar-refractivity contribution in [3.8, 4) is 0 Å². The minimum absolute atomic E-state index is 0.0156. The van der Waals surface area contributed by atoms with Crippen molar-refractivity contribution in [3.63, 3.8) is 0 Å². The van der Waals surface area contributed by atoms with E-state index in [1.165, 1.54) is 0 Å². The van der Waals surface area contributed by atoms with Crippen molar-refractivity contribution in [1.29, 1.82) is 0 Å². The smallest absolute Gasteiger partial charge is 0.226 e. The van der Waals surface area contributed by atoms with Crippen molar-refractivity contribution >= 4 is 43.7 Å². The Labute approximate surface area is 105 Å². The van der Waals surface area contributed by atoms with Crippen LogP contribution < -0.4 is 5.32 Å². The van der Waals surface area contributed by atoms with E-state index in [9.17, 15) is 4.79 Å². The molecule has 1 rings (SSSR count). The van der Waals surface area contributed by atoms with E-state index in [0.717, 1.165) is 11.0 Å². The number of nitrogens with one attached hydrogen (secondary N) is 2. The minimum atomic E-state index is -0.0156. The summed E-state index contributed by atoms with van der Waals surface area (Å²) in [6.45, 7) is 4.12. The molecule has 0 radical (unpaired) electrons. The number of anilines is 1. The van der Waals surface area contributed by atoms with Gasteiger partial charge in [-0.15, -0.1) is 0 Å². The molecule has 2 N–H and O–H groups in total. The summed E-state index contributed by atoms with van der Waals surface area (Å²) in [5.41, 5.74) is 0. The van der Waals surface area contributed by atoms with Gasteiger partial charge in [0, 0.05) is 6.42 Å². The van der Waals surface area contributed by atoms with Gasteiger partial charge in [-0.2, -0.15) is 0 Å². The maximum atomic E-state index is 11.5. The summed E-state index contributed by atoms with van der Waals surface area (Å²) < 4.78 is 1.38. The molecule has 0 aliphatic heterocycles. The molecule has 0 aliphatic carbocycles. The second kappa shape index (κ2) is 5.65. The Kier molecular flexibility index (Phi) is 4.79. The minimum Gasteiger partial charge on any atom is -0.318 e. The maximum Gasteiger partial charge on any atom is 0.226 e. The molecular formula is C9H13Br2N3O. The highest BCUT2D eigenvalue weighted by Crippen LogP contribution is 2.21. The molecule has 15 heavy (non-hydrogen) atoms. The first-order valence-electron chi connectivity index (χ1n) is 4.73. The van der Waals surface area contributed by atoms with Gasteiger partial charge in [-0.3, -0.25) is 10.1 Å². The fourth-order valence-corrected chi connectivity index (χ4v) is 1.59. The Morgan fingerprint density at radius 3 is 2.73 bits per heavy atom. The predicted octanol–water partition coefficient (Wildman–Crippen LogP) is 3.31. The number of imidazole rings is 1. The van der Waals surface area contributed by atoms with Crippen LogP contribution in [0.25, 0.3) is 0 Å². The van der Waals surface area contributed by atoms with Crippen LogP contribution in [-0.2, 0) is 4.79 Å². The molecule has 1 unspecified atom stereocenters. The normalized spacial score (nSPS) is 12.5. The molecule has 0 aliphatic rings. The van der Waals surface area contributed by atoms with Gasteiger partial charge < -0.3 is 4.98 Å². The fraction of sp³-hybridized carbons (Fsp3) is 0.556. The van der Waals surface area contributed by atoms with Crippen molar-refractivity contribution < 1.29 is 4.79 Å². The van der Waals surface area contributed by atoms with Crippen LogP contribution in [-0.4, -0.2) is 15.9 Å². The summed E-state index contributed by atoms with van der Waals surface area (Å²) in [5, 5.41) is 2.70. The molecule has 0 fully saturated rings. The highest BCUT2D eigenvalue weighted by Gasteiger charge is 2.10. The number of nitrogens with zero attached hydrogens (tertiary/aromatic N) is 1. The summed E-state index contributed by atoms with van der Waals surface area (Å²) in [7, 11) is 0. The summed E-state index contributed by atoms with van der Waals surface area (Å²) in [6, 6.07) is 0. The molecule has 0 aromatic carbocycles. The van der Waals surface area contributed by atoms with Crippen molar-refractivity contribution in [2.45, 2.75) is 26.7 Å². The van der Waals surface area contributed by atoms with Crippen molar-refractivity contribution in [1.82, 2.24) is 9.97 Å². The number of carbonyl (C=O) groups is 1. The maximum absolute atomic E-state index is 11.5. The third-order valence-corrected chi connectivity index (χ3v) is 3.79. The first-order chi connectivity index (χ1) is 7.02. The Morgan fingerprint density at radius 1 is 1.60 bits per heavy atom. The van der Waals surface area contributed by atoms with E-state index in [4.69, 9.17) is 0 Å². The fourth-order valence-electron chi connectivity index (χ4n) is 1.03. The molecule has 0 saturated carbocycles. The van der Waals surface area contributed by atoms with Crippen LogP contribution in [0, 0.1) is 5.92 Å². The molecule has 4 nitrogen and oxygen atoms in total. The number of aromatic nitrogens is 2. The largest absolute Gasteiger partial charge is 0.318 e. The second-order valence-corrected chi connectivity index (χ2v) is 5.00. The topological polar surface area (TPSA) is 57.8 Å². The number of carbonyl (C=O) groups excluding carboxylic acids is 1. The van der Waals surface area contributed by atoms with Crippen molar-refractivity contribution in [3.05, 3.63) is 9.21 Å². The lowest BCUT2D eigenvalue weighted by Crippen LogP contribution is -2.15. The van der Waals surface area contributed by atoms with Gasteiger partial charge in [0.25, 0.3) is 0 Å². The summed E-state index contributed by atoms with van der Waals surface area (Å²) >= 11 is 6.48. The van der Waals surface area contributed by atoms with E-state index >= 15 is 0 Å². The molecule has 84 valence electrons. The van der Waals surface area contributed by atoms with E-state index < -0.39 is 0 Å². The van der Waals surface area contributed by atoms with Gasteiger partial charge in [-0.05, 0) is 37.8 Å². The molecule has 1 aromatic heterocycles. The number of halogens is 2. The zero-order valence-electron chi connectivity index (χ0n) is 8.60. The van der Waals surface area contributed by atoms with Crippen LogP contribution in [0.5, 0.6) is 0 Å². The SMILES string of the molecule is CCC(C)CC(=O)Nc1nc(Br)c(Br)[nH]1. The number of H-pyrrole nitrogens is 1. The Hall–Kier alpha value is -0.360.